The third-order valence-electron chi connectivity index (χ3n) is 7.27. The Morgan fingerprint density at radius 3 is 2.13 bits per heavy atom. The molecule has 2 amide bonds. The van der Waals surface area contributed by atoms with E-state index in [0.717, 1.165) is 61.6 Å². The van der Waals surface area contributed by atoms with Crippen LogP contribution < -0.4 is 0 Å². The number of carbonyl (C=O) groups is 2. The predicted octanol–water partition coefficient (Wildman–Crippen LogP) is 2.29. The lowest BCUT2D eigenvalue weighted by Gasteiger charge is -2.43. The van der Waals surface area contributed by atoms with E-state index >= 15 is 0 Å². The fourth-order valence-electron chi connectivity index (χ4n) is 4.99. The van der Waals surface area contributed by atoms with Gasteiger partial charge in [0.15, 0.2) is 0 Å². The Morgan fingerprint density at radius 1 is 0.774 bits per heavy atom. The molecule has 2 aliphatic heterocycles. The van der Waals surface area contributed by atoms with Gasteiger partial charge in [0.2, 0.25) is 5.91 Å². The van der Waals surface area contributed by atoms with Gasteiger partial charge in [0.25, 0.3) is 5.91 Å². The van der Waals surface area contributed by atoms with E-state index in [1.165, 1.54) is 19.3 Å². The normalized spacial score (nSPS) is 21.3. The zero-order valence-corrected chi connectivity index (χ0v) is 18.2. The van der Waals surface area contributed by atoms with Crippen LogP contribution in [-0.2, 0) is 4.79 Å². The molecule has 3 fully saturated rings. The zero-order valence-electron chi connectivity index (χ0n) is 18.2. The first-order valence-electron chi connectivity index (χ1n) is 11.7. The Kier molecular flexibility index (Phi) is 5.92. The van der Waals surface area contributed by atoms with E-state index in [2.05, 4.69) is 15.9 Å². The molecule has 0 atom stereocenters. The largest absolute Gasteiger partial charge is 0.339 e. The second-order valence-electron chi connectivity index (χ2n) is 9.13. The highest BCUT2D eigenvalue weighted by Gasteiger charge is 2.30. The molecule has 0 bridgehead atoms. The van der Waals surface area contributed by atoms with E-state index in [9.17, 15) is 9.59 Å². The molecule has 1 saturated carbocycles. The number of rotatable bonds is 4. The van der Waals surface area contributed by atoms with Crippen molar-refractivity contribution in [2.75, 3.05) is 58.9 Å². The van der Waals surface area contributed by atoms with Crippen molar-refractivity contribution in [3.05, 3.63) is 48.0 Å². The molecule has 0 aromatic heterocycles. The summed E-state index contributed by atoms with van der Waals surface area (Å²) in [4.78, 5) is 34.4. The first-order valence-corrected chi connectivity index (χ1v) is 11.7. The molecule has 6 heteroatoms. The quantitative estimate of drug-likeness (QED) is 0.762. The second-order valence-corrected chi connectivity index (χ2v) is 9.13. The summed E-state index contributed by atoms with van der Waals surface area (Å²) in [7, 11) is 0. The average Bonchev–Trinajstić information content (AvgIpc) is 2.78. The minimum absolute atomic E-state index is 0.0869. The van der Waals surface area contributed by atoms with E-state index in [1.807, 2.05) is 46.2 Å². The van der Waals surface area contributed by atoms with Crippen molar-refractivity contribution in [2.45, 2.75) is 25.3 Å². The molecule has 0 radical (unpaired) electrons. The van der Waals surface area contributed by atoms with E-state index < -0.39 is 0 Å². The summed E-state index contributed by atoms with van der Waals surface area (Å²) >= 11 is 0. The molecule has 0 N–H and O–H groups in total. The van der Waals surface area contributed by atoms with Gasteiger partial charge in [0, 0.05) is 64.0 Å². The lowest BCUT2D eigenvalue weighted by Crippen LogP contribution is -2.56. The molecule has 6 nitrogen and oxygen atoms in total. The molecule has 2 saturated heterocycles. The van der Waals surface area contributed by atoms with Crippen LogP contribution >= 0.6 is 0 Å². The van der Waals surface area contributed by atoms with Crippen LogP contribution in [0, 0.1) is 0 Å². The summed E-state index contributed by atoms with van der Waals surface area (Å²) in [5.41, 5.74) is 0.743. The van der Waals surface area contributed by atoms with Gasteiger partial charge in [-0.2, -0.15) is 0 Å². The predicted molar refractivity (Wildman–Crippen MR) is 122 cm³/mol. The summed E-state index contributed by atoms with van der Waals surface area (Å²) in [6.07, 6.45) is 4.02. The van der Waals surface area contributed by atoms with Gasteiger partial charge in [-0.3, -0.25) is 19.4 Å². The van der Waals surface area contributed by atoms with Crippen molar-refractivity contribution in [3.8, 4) is 0 Å². The standard InChI is InChI=1S/C25H32N4O2/c30-24(28-16-14-27(15-17-28)23-6-3-7-23)19-26-10-12-29(13-11-26)25(31)22-9-8-20-4-1-2-5-21(20)18-22/h1-2,4-5,8-9,18,23H,3,6-7,10-17,19H2. The average molecular weight is 421 g/mol. The fraction of sp³-hybridized carbons (Fsp3) is 0.520. The molecule has 1 aliphatic carbocycles. The first kappa shape index (κ1) is 20.5. The smallest absolute Gasteiger partial charge is 0.253 e. The molecule has 0 unspecified atom stereocenters. The number of piperazine rings is 2. The van der Waals surface area contributed by atoms with Gasteiger partial charge in [-0.15, -0.1) is 0 Å². The van der Waals surface area contributed by atoms with Crippen LogP contribution in [-0.4, -0.2) is 96.4 Å². The summed E-state index contributed by atoms with van der Waals surface area (Å²) < 4.78 is 0. The number of hydrogen-bond acceptors (Lipinski definition) is 4. The van der Waals surface area contributed by atoms with Gasteiger partial charge < -0.3 is 9.80 Å². The third-order valence-corrected chi connectivity index (χ3v) is 7.27. The highest BCUT2D eigenvalue weighted by Crippen LogP contribution is 2.25. The van der Waals surface area contributed by atoms with Crippen LogP contribution in [0.1, 0.15) is 29.6 Å². The maximum absolute atomic E-state index is 13.0. The summed E-state index contributed by atoms with van der Waals surface area (Å²) in [6, 6.07) is 14.8. The van der Waals surface area contributed by atoms with Gasteiger partial charge in [0.05, 0.1) is 6.54 Å². The van der Waals surface area contributed by atoms with Crippen molar-refractivity contribution in [1.29, 1.82) is 0 Å². The van der Waals surface area contributed by atoms with Crippen molar-refractivity contribution in [2.24, 2.45) is 0 Å². The summed E-state index contributed by atoms with van der Waals surface area (Å²) in [5.74, 6) is 0.325. The van der Waals surface area contributed by atoms with Crippen molar-refractivity contribution < 1.29 is 9.59 Å². The van der Waals surface area contributed by atoms with E-state index in [4.69, 9.17) is 0 Å². The van der Waals surface area contributed by atoms with Gasteiger partial charge in [-0.05, 0) is 35.7 Å². The van der Waals surface area contributed by atoms with Crippen LogP contribution in [0.2, 0.25) is 0 Å². The summed E-state index contributed by atoms with van der Waals surface area (Å²) in [5, 5.41) is 2.24. The van der Waals surface area contributed by atoms with E-state index in [-0.39, 0.29) is 11.8 Å². The van der Waals surface area contributed by atoms with Crippen molar-refractivity contribution in [1.82, 2.24) is 19.6 Å². The third kappa shape index (κ3) is 4.46. The second kappa shape index (κ2) is 8.97. The molecule has 2 heterocycles. The van der Waals surface area contributed by atoms with Crippen molar-refractivity contribution >= 4 is 22.6 Å². The molecule has 0 spiro atoms. The molecule has 2 aromatic rings. The van der Waals surface area contributed by atoms with Crippen molar-refractivity contribution in [3.63, 3.8) is 0 Å². The zero-order chi connectivity index (χ0) is 21.2. The number of amides is 2. The van der Waals surface area contributed by atoms with Gasteiger partial charge in [-0.25, -0.2) is 0 Å². The number of carbonyl (C=O) groups excluding carboxylic acids is 2. The Bertz CT molecular complexity index is 941. The first-order chi connectivity index (χ1) is 15.2. The number of nitrogens with zero attached hydrogens (tertiary/aromatic N) is 4. The Labute approximate surface area is 184 Å². The monoisotopic (exact) mass is 420 g/mol. The Morgan fingerprint density at radius 2 is 1.45 bits per heavy atom. The topological polar surface area (TPSA) is 47.1 Å². The van der Waals surface area contributed by atoms with E-state index in [1.54, 1.807) is 0 Å². The minimum Gasteiger partial charge on any atom is -0.339 e. The van der Waals surface area contributed by atoms with Gasteiger partial charge >= 0.3 is 0 Å². The van der Waals surface area contributed by atoms with Crippen LogP contribution in [0.15, 0.2) is 42.5 Å². The molecule has 3 aliphatic rings. The van der Waals surface area contributed by atoms with Crippen LogP contribution in [0.4, 0.5) is 0 Å². The van der Waals surface area contributed by atoms with Crippen LogP contribution in [0.5, 0.6) is 0 Å². The maximum Gasteiger partial charge on any atom is 0.253 e. The van der Waals surface area contributed by atoms with Crippen LogP contribution in [0.3, 0.4) is 0 Å². The molecule has 2 aromatic carbocycles. The Balaban J connectivity index is 1.10. The maximum atomic E-state index is 13.0. The number of hydrogen-bond donors (Lipinski definition) is 0. The van der Waals surface area contributed by atoms with Crippen LogP contribution in [0.25, 0.3) is 10.8 Å². The highest BCUT2D eigenvalue weighted by atomic mass is 16.2. The van der Waals surface area contributed by atoms with Gasteiger partial charge in [0.1, 0.15) is 0 Å². The summed E-state index contributed by atoms with van der Waals surface area (Å²) in [6.45, 7) is 7.09. The molecule has 5 rings (SSSR count). The number of benzene rings is 2. The Hall–Kier alpha value is -2.44. The molecular formula is C25H32N4O2. The number of fused-ring (bicyclic) bond motifs is 1. The van der Waals surface area contributed by atoms with Gasteiger partial charge in [-0.1, -0.05) is 36.8 Å². The molecule has 164 valence electrons. The van der Waals surface area contributed by atoms with E-state index in [0.29, 0.717) is 19.6 Å². The molecular weight excluding hydrogens is 388 g/mol. The highest BCUT2D eigenvalue weighted by molar-refractivity contribution is 5.98. The SMILES string of the molecule is O=C(CN1CCN(C(=O)c2ccc3ccccc3c2)CC1)N1CCN(C2CCC2)CC1. The molecule has 31 heavy (non-hydrogen) atoms. The lowest BCUT2D eigenvalue weighted by molar-refractivity contribution is -0.135. The lowest BCUT2D eigenvalue weighted by atomic mass is 9.91. The fourth-order valence-corrected chi connectivity index (χ4v) is 4.99. The minimum atomic E-state index is 0.0869.